The molecular formula is C16H15ClN2OS. The van der Waals surface area contributed by atoms with E-state index in [0.29, 0.717) is 10.6 Å². The van der Waals surface area contributed by atoms with Crippen molar-refractivity contribution in [3.05, 3.63) is 58.1 Å². The predicted molar refractivity (Wildman–Crippen MR) is 86.6 cm³/mol. The van der Waals surface area contributed by atoms with Gasteiger partial charge in [0, 0.05) is 15.4 Å². The van der Waals surface area contributed by atoms with E-state index in [1.54, 1.807) is 23.9 Å². The third-order valence-electron chi connectivity index (χ3n) is 3.63. The molecule has 0 spiro atoms. The molecule has 0 fully saturated rings. The molecule has 21 heavy (non-hydrogen) atoms. The summed E-state index contributed by atoms with van der Waals surface area (Å²) >= 11 is 7.92. The topological polar surface area (TPSA) is 58.6 Å². The van der Waals surface area contributed by atoms with Crippen LogP contribution in [0.5, 0.6) is 0 Å². The molecule has 2 aromatic carbocycles. The van der Waals surface area contributed by atoms with Crippen LogP contribution in [-0.2, 0) is 12.8 Å². The average Bonchev–Trinajstić information content (AvgIpc) is 2.96. The van der Waals surface area contributed by atoms with Crippen molar-refractivity contribution in [1.82, 2.24) is 0 Å². The molecule has 0 unspecified atom stereocenters. The Hall–Kier alpha value is -1.65. The van der Waals surface area contributed by atoms with E-state index in [1.807, 2.05) is 6.07 Å². The van der Waals surface area contributed by atoms with Gasteiger partial charge in [0.25, 0.3) is 0 Å². The van der Waals surface area contributed by atoms with Gasteiger partial charge in [-0.05, 0) is 60.7 Å². The van der Waals surface area contributed by atoms with E-state index >= 15 is 0 Å². The minimum absolute atomic E-state index is 0.0611. The maximum atomic E-state index is 8.69. The lowest BCUT2D eigenvalue weighted by atomic mass is 10.1. The largest absolute Gasteiger partial charge is 0.409 e. The summed E-state index contributed by atoms with van der Waals surface area (Å²) in [6.07, 6.45) is 3.61. The fourth-order valence-corrected chi connectivity index (χ4v) is 3.72. The van der Waals surface area contributed by atoms with Crippen LogP contribution in [-0.4, -0.2) is 11.0 Å². The van der Waals surface area contributed by atoms with Crippen LogP contribution in [0.25, 0.3) is 0 Å². The highest BCUT2D eigenvalue weighted by atomic mass is 35.5. The standard InChI is InChI=1S/C16H15ClN2OS/c17-14-9-12(16(18)19-20)5-7-15(14)21-13-6-4-10-2-1-3-11(10)8-13/h4-9,20H,1-3H2,(H2,18,19). The molecule has 5 heteroatoms. The van der Waals surface area contributed by atoms with Crippen molar-refractivity contribution in [3.63, 3.8) is 0 Å². The maximum absolute atomic E-state index is 8.69. The lowest BCUT2D eigenvalue weighted by Crippen LogP contribution is -2.12. The third kappa shape index (κ3) is 3.01. The summed E-state index contributed by atoms with van der Waals surface area (Å²) in [7, 11) is 0. The summed E-state index contributed by atoms with van der Waals surface area (Å²) in [5.41, 5.74) is 9.09. The van der Waals surface area contributed by atoms with E-state index in [-0.39, 0.29) is 5.84 Å². The number of oxime groups is 1. The molecule has 3 N–H and O–H groups in total. The fourth-order valence-electron chi connectivity index (χ4n) is 2.54. The Morgan fingerprint density at radius 1 is 1.14 bits per heavy atom. The maximum Gasteiger partial charge on any atom is 0.170 e. The number of benzene rings is 2. The number of halogens is 1. The second kappa shape index (κ2) is 6.00. The van der Waals surface area contributed by atoms with Gasteiger partial charge in [-0.15, -0.1) is 0 Å². The summed E-state index contributed by atoms with van der Waals surface area (Å²) in [5, 5.41) is 12.3. The molecule has 3 rings (SSSR count). The number of hydrogen-bond acceptors (Lipinski definition) is 3. The zero-order chi connectivity index (χ0) is 14.8. The van der Waals surface area contributed by atoms with Crippen LogP contribution < -0.4 is 5.73 Å². The number of amidine groups is 1. The van der Waals surface area contributed by atoms with E-state index in [9.17, 15) is 0 Å². The Balaban J connectivity index is 1.85. The van der Waals surface area contributed by atoms with Gasteiger partial charge in [-0.2, -0.15) is 0 Å². The molecule has 3 nitrogen and oxygen atoms in total. The molecule has 1 aliphatic carbocycles. The third-order valence-corrected chi connectivity index (χ3v) is 5.12. The first-order chi connectivity index (χ1) is 10.2. The van der Waals surface area contributed by atoms with E-state index in [2.05, 4.69) is 23.4 Å². The molecule has 0 amide bonds. The van der Waals surface area contributed by atoms with Crippen LogP contribution in [0.15, 0.2) is 51.3 Å². The molecule has 0 aromatic heterocycles. The number of rotatable bonds is 3. The number of nitrogens with two attached hydrogens (primary N) is 1. The molecule has 0 bridgehead atoms. The van der Waals surface area contributed by atoms with Gasteiger partial charge in [-0.25, -0.2) is 0 Å². The molecule has 0 aliphatic heterocycles. The number of aryl methyl sites for hydroxylation is 2. The molecule has 0 atom stereocenters. The van der Waals surface area contributed by atoms with Gasteiger partial charge in [0.1, 0.15) is 0 Å². The smallest absolute Gasteiger partial charge is 0.170 e. The lowest BCUT2D eigenvalue weighted by Gasteiger charge is -2.08. The van der Waals surface area contributed by atoms with E-state index in [1.165, 1.54) is 35.3 Å². The number of fused-ring (bicyclic) bond motifs is 1. The average molecular weight is 319 g/mol. The Labute approximate surface area is 132 Å². The van der Waals surface area contributed by atoms with E-state index in [4.69, 9.17) is 22.5 Å². The van der Waals surface area contributed by atoms with Gasteiger partial charge in [0.2, 0.25) is 0 Å². The lowest BCUT2D eigenvalue weighted by molar-refractivity contribution is 0.318. The van der Waals surface area contributed by atoms with Crippen LogP contribution in [0.4, 0.5) is 0 Å². The first-order valence-electron chi connectivity index (χ1n) is 6.74. The number of hydrogen-bond donors (Lipinski definition) is 2. The Kier molecular flexibility index (Phi) is 4.08. The van der Waals surface area contributed by atoms with Crippen LogP contribution in [0.1, 0.15) is 23.1 Å². The van der Waals surface area contributed by atoms with Gasteiger partial charge in [0.15, 0.2) is 5.84 Å². The normalized spacial score (nSPS) is 14.2. The van der Waals surface area contributed by atoms with Gasteiger partial charge in [-0.1, -0.05) is 34.6 Å². The van der Waals surface area contributed by atoms with Crippen LogP contribution in [0.2, 0.25) is 5.02 Å². The van der Waals surface area contributed by atoms with E-state index in [0.717, 1.165) is 4.90 Å². The molecule has 0 saturated heterocycles. The number of nitrogens with zero attached hydrogens (tertiary/aromatic N) is 1. The second-order valence-electron chi connectivity index (χ2n) is 5.02. The van der Waals surface area contributed by atoms with Crippen molar-refractivity contribution in [3.8, 4) is 0 Å². The van der Waals surface area contributed by atoms with Crippen LogP contribution >= 0.6 is 23.4 Å². The van der Waals surface area contributed by atoms with Crippen molar-refractivity contribution in [1.29, 1.82) is 0 Å². The fraction of sp³-hybridized carbons (Fsp3) is 0.188. The molecule has 0 saturated carbocycles. The first-order valence-corrected chi connectivity index (χ1v) is 7.94. The monoisotopic (exact) mass is 318 g/mol. The minimum Gasteiger partial charge on any atom is -0.409 e. The SMILES string of the molecule is NC(=NO)c1ccc(Sc2ccc3c(c2)CCC3)c(Cl)c1. The summed E-state index contributed by atoms with van der Waals surface area (Å²) in [4.78, 5) is 2.15. The summed E-state index contributed by atoms with van der Waals surface area (Å²) in [5.74, 6) is 0.0611. The summed E-state index contributed by atoms with van der Waals surface area (Å²) in [6.45, 7) is 0. The van der Waals surface area contributed by atoms with Crippen molar-refractivity contribution in [2.45, 2.75) is 29.1 Å². The zero-order valence-corrected chi connectivity index (χ0v) is 12.9. The minimum atomic E-state index is 0.0611. The Morgan fingerprint density at radius 2 is 1.95 bits per heavy atom. The highest BCUT2D eigenvalue weighted by Crippen LogP contribution is 2.36. The van der Waals surface area contributed by atoms with Gasteiger partial charge < -0.3 is 10.9 Å². The summed E-state index contributed by atoms with van der Waals surface area (Å²) < 4.78 is 0. The van der Waals surface area contributed by atoms with E-state index < -0.39 is 0 Å². The molecule has 2 aromatic rings. The summed E-state index contributed by atoms with van der Waals surface area (Å²) in [6, 6.07) is 12.0. The van der Waals surface area contributed by atoms with Gasteiger partial charge >= 0.3 is 0 Å². The van der Waals surface area contributed by atoms with Crippen molar-refractivity contribution in [2.75, 3.05) is 0 Å². The highest BCUT2D eigenvalue weighted by molar-refractivity contribution is 7.99. The van der Waals surface area contributed by atoms with Crippen LogP contribution in [0.3, 0.4) is 0 Å². The molecular weight excluding hydrogens is 304 g/mol. The van der Waals surface area contributed by atoms with Crippen molar-refractivity contribution >= 4 is 29.2 Å². The molecule has 1 aliphatic rings. The first kappa shape index (κ1) is 14.3. The molecule has 0 radical (unpaired) electrons. The van der Waals surface area contributed by atoms with Gasteiger partial charge in [0.05, 0.1) is 5.02 Å². The molecule has 108 valence electrons. The second-order valence-corrected chi connectivity index (χ2v) is 6.54. The van der Waals surface area contributed by atoms with Gasteiger partial charge in [-0.3, -0.25) is 0 Å². The quantitative estimate of drug-likeness (QED) is 0.388. The highest BCUT2D eigenvalue weighted by Gasteiger charge is 2.12. The predicted octanol–water partition coefficient (Wildman–Crippen LogP) is 4.07. The zero-order valence-electron chi connectivity index (χ0n) is 11.3. The molecule has 0 heterocycles. The van der Waals surface area contributed by atoms with Crippen LogP contribution in [0, 0.1) is 0 Å². The van der Waals surface area contributed by atoms with Crippen molar-refractivity contribution < 1.29 is 5.21 Å². The Bertz CT molecular complexity index is 715. The van der Waals surface area contributed by atoms with Crippen molar-refractivity contribution in [2.24, 2.45) is 10.9 Å². The Morgan fingerprint density at radius 3 is 2.71 bits per heavy atom.